The third kappa shape index (κ3) is 8.68. The van der Waals surface area contributed by atoms with Crippen LogP contribution in [-0.4, -0.2) is 56.7 Å². The van der Waals surface area contributed by atoms with Gasteiger partial charge in [-0.25, -0.2) is 17.4 Å². The first-order valence-electron chi connectivity index (χ1n) is 13.7. The van der Waals surface area contributed by atoms with Crippen molar-refractivity contribution >= 4 is 42.7 Å². The van der Waals surface area contributed by atoms with Crippen LogP contribution in [0.1, 0.15) is 68.6 Å². The van der Waals surface area contributed by atoms with E-state index in [1.807, 2.05) is 6.07 Å². The summed E-state index contributed by atoms with van der Waals surface area (Å²) in [6.07, 6.45) is 8.89. The Morgan fingerprint density at radius 2 is 1.74 bits per heavy atom. The second kappa shape index (κ2) is 13.6. The summed E-state index contributed by atoms with van der Waals surface area (Å²) in [4.78, 5) is 16.1. The van der Waals surface area contributed by atoms with E-state index >= 15 is 0 Å². The number of nitrogens with one attached hydrogen (secondary N) is 2. The standard InChI is InChI=1S/C28H43N5O4S2/c1-4-5-6-7-8-20-39(30,37)25-14-11-23(12-15-25)31-28(34)26-21-24(33-18-9-10-22(29)17-19-33)13-16-27(26)32(2)38(3,35)36/h11-16,21-22,30H,4-10,17-20,29H2,1-3H3,(H,31,34). The fourth-order valence-corrected chi connectivity index (χ4v) is 6.66. The van der Waals surface area contributed by atoms with Crippen molar-refractivity contribution in [3.05, 3.63) is 48.0 Å². The molecule has 0 aliphatic carbocycles. The van der Waals surface area contributed by atoms with Crippen LogP contribution in [0.25, 0.3) is 0 Å². The van der Waals surface area contributed by atoms with Gasteiger partial charge in [0.1, 0.15) is 0 Å². The highest BCUT2D eigenvalue weighted by molar-refractivity contribution is 7.92. The minimum absolute atomic E-state index is 0.149. The Hall–Kier alpha value is -2.63. The Morgan fingerprint density at radius 3 is 2.41 bits per heavy atom. The summed E-state index contributed by atoms with van der Waals surface area (Å²) in [5.74, 6) is -0.137. The number of hydrogen-bond donors (Lipinski definition) is 3. The van der Waals surface area contributed by atoms with Gasteiger partial charge in [-0.3, -0.25) is 9.10 Å². The molecule has 2 aromatic rings. The van der Waals surface area contributed by atoms with Gasteiger partial charge < -0.3 is 16.0 Å². The SMILES string of the molecule is CCCCCCCS(=N)(=O)c1ccc(NC(=O)c2cc(N3CCCC(N)CC3)ccc2N(C)S(C)(=O)=O)cc1. The van der Waals surface area contributed by atoms with Gasteiger partial charge in [-0.15, -0.1) is 0 Å². The molecule has 1 saturated heterocycles. The van der Waals surface area contributed by atoms with Crippen molar-refractivity contribution in [2.75, 3.05) is 46.7 Å². The van der Waals surface area contributed by atoms with Crippen molar-refractivity contribution in [2.24, 2.45) is 5.73 Å². The number of unbranched alkanes of at least 4 members (excludes halogenated alkanes) is 4. The summed E-state index contributed by atoms with van der Waals surface area (Å²) in [7, 11) is -5.08. The van der Waals surface area contributed by atoms with Crippen LogP contribution in [0, 0.1) is 4.78 Å². The molecule has 1 fully saturated rings. The quantitative estimate of drug-likeness (QED) is 0.303. The Labute approximate surface area is 234 Å². The van der Waals surface area contributed by atoms with Crippen molar-refractivity contribution in [2.45, 2.75) is 69.2 Å². The average molecular weight is 578 g/mol. The lowest BCUT2D eigenvalue weighted by Gasteiger charge is -2.26. The number of amides is 1. The lowest BCUT2D eigenvalue weighted by Crippen LogP contribution is -2.29. The van der Waals surface area contributed by atoms with E-state index in [2.05, 4.69) is 17.1 Å². The van der Waals surface area contributed by atoms with Gasteiger partial charge in [0.2, 0.25) is 10.0 Å². The molecule has 1 heterocycles. The molecule has 216 valence electrons. The number of sulfonamides is 1. The lowest BCUT2D eigenvalue weighted by molar-refractivity contribution is 0.102. The molecule has 1 amide bonds. The summed E-state index contributed by atoms with van der Waals surface area (Å²) in [6, 6.07) is 11.9. The molecule has 4 N–H and O–H groups in total. The number of nitrogens with two attached hydrogens (primary N) is 1. The molecule has 0 radical (unpaired) electrons. The van der Waals surface area contributed by atoms with E-state index in [1.54, 1.807) is 36.4 Å². The molecule has 39 heavy (non-hydrogen) atoms. The van der Waals surface area contributed by atoms with Crippen molar-refractivity contribution in [1.82, 2.24) is 0 Å². The molecule has 9 nitrogen and oxygen atoms in total. The summed E-state index contributed by atoms with van der Waals surface area (Å²) in [6.45, 7) is 3.71. The third-order valence-corrected chi connectivity index (χ3v) is 10.3. The van der Waals surface area contributed by atoms with Crippen LogP contribution in [-0.2, 0) is 19.8 Å². The predicted octanol–water partition coefficient (Wildman–Crippen LogP) is 5.03. The van der Waals surface area contributed by atoms with Crippen LogP contribution >= 0.6 is 0 Å². The smallest absolute Gasteiger partial charge is 0.257 e. The maximum atomic E-state index is 13.5. The average Bonchev–Trinajstić information content (AvgIpc) is 3.12. The van der Waals surface area contributed by atoms with E-state index in [0.717, 1.165) is 80.7 Å². The van der Waals surface area contributed by atoms with Gasteiger partial charge in [0.05, 0.1) is 27.2 Å². The molecule has 1 aliphatic heterocycles. The summed E-state index contributed by atoms with van der Waals surface area (Å²) >= 11 is 0. The van der Waals surface area contributed by atoms with Crippen LogP contribution in [0.2, 0.25) is 0 Å². The van der Waals surface area contributed by atoms with E-state index in [0.29, 0.717) is 16.3 Å². The van der Waals surface area contributed by atoms with Gasteiger partial charge >= 0.3 is 0 Å². The Balaban J connectivity index is 1.81. The zero-order valence-corrected chi connectivity index (χ0v) is 25.0. The molecule has 2 unspecified atom stereocenters. The topological polar surface area (TPSA) is 137 Å². The fourth-order valence-electron chi connectivity index (χ4n) is 4.72. The highest BCUT2D eigenvalue weighted by Crippen LogP contribution is 2.29. The Bertz CT molecular complexity index is 1330. The minimum Gasteiger partial charge on any atom is -0.371 e. The number of carbonyl (C=O) groups is 1. The van der Waals surface area contributed by atoms with Crippen molar-refractivity contribution < 1.29 is 17.4 Å². The molecule has 1 aliphatic rings. The molecule has 0 bridgehead atoms. The molecular formula is C28H43N5O4S2. The van der Waals surface area contributed by atoms with E-state index < -0.39 is 25.7 Å². The maximum Gasteiger partial charge on any atom is 0.257 e. The zero-order chi connectivity index (χ0) is 28.6. The Kier molecular flexibility index (Phi) is 10.8. The van der Waals surface area contributed by atoms with E-state index in [9.17, 15) is 17.4 Å². The molecule has 0 spiro atoms. The summed E-state index contributed by atoms with van der Waals surface area (Å²) in [5.41, 5.74) is 7.95. The van der Waals surface area contributed by atoms with E-state index in [-0.39, 0.29) is 17.3 Å². The van der Waals surface area contributed by atoms with E-state index in [4.69, 9.17) is 10.5 Å². The first-order valence-corrected chi connectivity index (χ1v) is 17.3. The predicted molar refractivity (Wildman–Crippen MR) is 161 cm³/mol. The minimum atomic E-state index is -3.60. The highest BCUT2D eigenvalue weighted by atomic mass is 32.2. The van der Waals surface area contributed by atoms with Gasteiger partial charge in [-0.1, -0.05) is 32.6 Å². The number of nitrogens with zero attached hydrogens (tertiary/aromatic N) is 2. The van der Waals surface area contributed by atoms with Crippen molar-refractivity contribution in [1.29, 1.82) is 4.78 Å². The van der Waals surface area contributed by atoms with Crippen LogP contribution in [0.5, 0.6) is 0 Å². The number of anilines is 3. The molecule has 2 aromatic carbocycles. The number of rotatable bonds is 12. The number of carbonyl (C=O) groups excluding carboxylic acids is 1. The zero-order valence-electron chi connectivity index (χ0n) is 23.3. The van der Waals surface area contributed by atoms with Gasteiger partial charge in [0.15, 0.2) is 0 Å². The highest BCUT2D eigenvalue weighted by Gasteiger charge is 2.23. The van der Waals surface area contributed by atoms with Crippen molar-refractivity contribution in [3.63, 3.8) is 0 Å². The second-order valence-corrected chi connectivity index (χ2v) is 14.6. The summed E-state index contributed by atoms with van der Waals surface area (Å²) in [5, 5.41) is 2.85. The molecular weight excluding hydrogens is 534 g/mol. The normalized spacial score (nSPS) is 17.7. The second-order valence-electron chi connectivity index (χ2n) is 10.4. The largest absolute Gasteiger partial charge is 0.371 e. The van der Waals surface area contributed by atoms with Gasteiger partial charge in [0, 0.05) is 48.2 Å². The van der Waals surface area contributed by atoms with E-state index in [1.165, 1.54) is 7.05 Å². The fraction of sp³-hybridized carbons (Fsp3) is 0.536. The van der Waals surface area contributed by atoms with Crippen LogP contribution in [0.3, 0.4) is 0 Å². The molecule has 2 atom stereocenters. The van der Waals surface area contributed by atoms with Gasteiger partial charge in [-0.2, -0.15) is 0 Å². The van der Waals surface area contributed by atoms with Crippen LogP contribution < -0.4 is 20.3 Å². The molecule has 0 aromatic heterocycles. The van der Waals surface area contributed by atoms with Crippen LogP contribution in [0.4, 0.5) is 17.1 Å². The first kappa shape index (κ1) is 30.9. The monoisotopic (exact) mass is 577 g/mol. The van der Waals surface area contributed by atoms with Crippen LogP contribution in [0.15, 0.2) is 47.4 Å². The van der Waals surface area contributed by atoms with Gasteiger partial charge in [0.25, 0.3) is 5.91 Å². The summed E-state index contributed by atoms with van der Waals surface area (Å²) < 4.78 is 47.0. The van der Waals surface area contributed by atoms with Gasteiger partial charge in [-0.05, 0) is 68.1 Å². The van der Waals surface area contributed by atoms with Crippen molar-refractivity contribution in [3.8, 4) is 0 Å². The molecule has 11 heteroatoms. The Morgan fingerprint density at radius 1 is 1.05 bits per heavy atom. The first-order chi connectivity index (χ1) is 18.4. The maximum absolute atomic E-state index is 13.5. The molecule has 0 saturated carbocycles. The molecule has 3 rings (SSSR count). The third-order valence-electron chi connectivity index (χ3n) is 7.23. The lowest BCUT2D eigenvalue weighted by atomic mass is 10.1. The number of hydrogen-bond acceptors (Lipinski definition) is 7. The number of benzene rings is 2.